The molecule has 1 aliphatic heterocycles. The number of ether oxygens (including phenoxy) is 1. The number of nitrogens with zero attached hydrogens (tertiary/aromatic N) is 6. The Kier molecular flexibility index (Phi) is 9.65. The quantitative estimate of drug-likeness (QED) is 0.119. The Morgan fingerprint density at radius 3 is 2.80 bits per heavy atom. The Morgan fingerprint density at radius 2 is 2.02 bits per heavy atom. The monoisotopic (exact) mass is 673 g/mol. The predicted octanol–water partition coefficient (Wildman–Crippen LogP) is 6.96. The van der Waals surface area contributed by atoms with E-state index in [-0.39, 0.29) is 5.69 Å². The van der Waals surface area contributed by atoms with E-state index in [4.69, 9.17) is 16.3 Å². The number of aromatic carboxylic acids is 1. The van der Waals surface area contributed by atoms with Crippen LogP contribution in [0.1, 0.15) is 44.9 Å². The third-order valence-corrected chi connectivity index (χ3v) is 9.78. The van der Waals surface area contributed by atoms with Gasteiger partial charge < -0.3 is 20.1 Å². The highest BCUT2D eigenvalue weighted by Gasteiger charge is 2.28. The van der Waals surface area contributed by atoms with Gasteiger partial charge in [0.2, 0.25) is 0 Å². The second-order valence-electron chi connectivity index (χ2n) is 11.1. The van der Waals surface area contributed by atoms with E-state index in [1.165, 1.54) is 11.3 Å². The van der Waals surface area contributed by atoms with Crippen LogP contribution in [0.5, 0.6) is 5.75 Å². The number of aryl methyl sites for hydroxylation is 1. The van der Waals surface area contributed by atoms with Crippen molar-refractivity contribution in [3.05, 3.63) is 74.7 Å². The van der Waals surface area contributed by atoms with E-state index in [1.807, 2.05) is 67.2 Å². The van der Waals surface area contributed by atoms with Crippen molar-refractivity contribution in [2.75, 3.05) is 44.0 Å². The number of aromatic nitrogens is 4. The first kappa shape index (κ1) is 31.7. The number of thiazole rings is 2. The maximum atomic E-state index is 12.2. The molecule has 0 bridgehead atoms. The Balaban J connectivity index is 1.13. The van der Waals surface area contributed by atoms with E-state index >= 15 is 0 Å². The summed E-state index contributed by atoms with van der Waals surface area (Å²) in [5.41, 5.74) is 3.88. The van der Waals surface area contributed by atoms with Gasteiger partial charge in [0.15, 0.2) is 27.6 Å². The normalized spacial score (nSPS) is 12.6. The van der Waals surface area contributed by atoms with Crippen LogP contribution >= 0.6 is 34.3 Å². The smallest absolute Gasteiger partial charge is 0.355 e. The number of anilines is 4. The van der Waals surface area contributed by atoms with Crippen molar-refractivity contribution in [3.8, 4) is 17.6 Å². The minimum absolute atomic E-state index is 0.0598. The summed E-state index contributed by atoms with van der Waals surface area (Å²) in [4.78, 5) is 26.0. The molecule has 0 fully saturated rings. The standard InChI is InChI=1S/C33H32ClN7O3S2/c1-20-22-10-7-17-41(30(22)39-38-29(20)37-32-35-24-11-4-5-12-26(24)45-32)33-36-28(31(42)43)27(46-33)13-8-18-44-25-15-14-21(19-23(25)34)9-6-16-40(2)3/h4-5,11-12,14-15,19H,7-8,10,13,16-18H2,1-3H3,(H,42,43)(H,35,37,38). The van der Waals surface area contributed by atoms with Crippen molar-refractivity contribution in [1.29, 1.82) is 0 Å². The molecule has 5 aromatic rings. The number of rotatable bonds is 10. The van der Waals surface area contributed by atoms with Crippen molar-refractivity contribution in [3.63, 3.8) is 0 Å². The molecule has 0 saturated heterocycles. The van der Waals surface area contributed by atoms with Crippen molar-refractivity contribution < 1.29 is 14.6 Å². The van der Waals surface area contributed by atoms with Crippen LogP contribution in [0.25, 0.3) is 10.2 Å². The lowest BCUT2D eigenvalue weighted by Crippen LogP contribution is -2.27. The fourth-order valence-electron chi connectivity index (χ4n) is 5.11. The van der Waals surface area contributed by atoms with Crippen LogP contribution in [-0.2, 0) is 12.8 Å². The molecule has 13 heteroatoms. The Morgan fingerprint density at radius 1 is 1.17 bits per heavy atom. The Bertz CT molecular complexity index is 1930. The number of nitrogens with one attached hydrogen (secondary N) is 1. The van der Waals surface area contributed by atoms with Gasteiger partial charge in [-0.1, -0.05) is 46.9 Å². The number of hydrogen-bond donors (Lipinski definition) is 2. The molecule has 236 valence electrons. The van der Waals surface area contributed by atoms with Crippen LogP contribution in [-0.4, -0.2) is 69.9 Å². The minimum atomic E-state index is -1.05. The lowest BCUT2D eigenvalue weighted by atomic mass is 10.0. The van der Waals surface area contributed by atoms with Gasteiger partial charge in [0.1, 0.15) is 5.75 Å². The molecule has 3 aromatic heterocycles. The second kappa shape index (κ2) is 14.0. The molecule has 46 heavy (non-hydrogen) atoms. The number of para-hydroxylation sites is 1. The molecular weight excluding hydrogens is 642 g/mol. The van der Waals surface area contributed by atoms with Gasteiger partial charge in [0, 0.05) is 28.1 Å². The average molecular weight is 674 g/mol. The first-order valence-corrected chi connectivity index (χ1v) is 16.8. The fourth-order valence-corrected chi connectivity index (χ4v) is 7.33. The number of benzene rings is 2. The molecule has 0 unspecified atom stereocenters. The first-order valence-electron chi connectivity index (χ1n) is 14.8. The van der Waals surface area contributed by atoms with Crippen molar-refractivity contribution in [1.82, 2.24) is 25.1 Å². The summed E-state index contributed by atoms with van der Waals surface area (Å²) in [6.45, 7) is 3.74. The van der Waals surface area contributed by atoms with Gasteiger partial charge in [-0.05, 0) is 77.0 Å². The van der Waals surface area contributed by atoms with Crippen LogP contribution in [0.2, 0.25) is 5.02 Å². The third kappa shape index (κ3) is 7.08. The Labute approximate surface area is 280 Å². The molecule has 0 aliphatic carbocycles. The summed E-state index contributed by atoms with van der Waals surface area (Å²) < 4.78 is 7.02. The first-order chi connectivity index (χ1) is 22.3. The molecule has 6 rings (SSSR count). The molecule has 10 nitrogen and oxygen atoms in total. The number of carboxylic acids is 1. The molecule has 2 aromatic carbocycles. The second-order valence-corrected chi connectivity index (χ2v) is 13.6. The molecule has 0 amide bonds. The van der Waals surface area contributed by atoms with Crippen LogP contribution in [0, 0.1) is 18.8 Å². The predicted molar refractivity (Wildman–Crippen MR) is 185 cm³/mol. The van der Waals surface area contributed by atoms with E-state index < -0.39 is 5.97 Å². The SMILES string of the molecule is Cc1c(Nc2nc3ccccc3s2)nnc2c1CCCN2c1nc(C(=O)O)c(CCCOc2ccc(C#CCN(C)C)cc2Cl)s1. The maximum absolute atomic E-state index is 12.2. The summed E-state index contributed by atoms with van der Waals surface area (Å²) in [5.74, 6) is 7.08. The van der Waals surface area contributed by atoms with E-state index in [0.717, 1.165) is 44.9 Å². The zero-order valence-electron chi connectivity index (χ0n) is 25.6. The number of carbonyl (C=O) groups is 1. The van der Waals surface area contributed by atoms with Gasteiger partial charge in [0.25, 0.3) is 0 Å². The van der Waals surface area contributed by atoms with Gasteiger partial charge in [0.05, 0.1) is 28.4 Å². The maximum Gasteiger partial charge on any atom is 0.355 e. The van der Waals surface area contributed by atoms with Gasteiger partial charge in [-0.3, -0.25) is 4.90 Å². The number of hydrogen-bond acceptors (Lipinski definition) is 11. The molecule has 1 aliphatic rings. The Hall–Kier alpha value is -4.28. The number of carboxylic acid groups (broad SMARTS) is 1. The highest BCUT2D eigenvalue weighted by Crippen LogP contribution is 2.39. The van der Waals surface area contributed by atoms with Crippen molar-refractivity contribution in [2.24, 2.45) is 0 Å². The lowest BCUT2D eigenvalue weighted by Gasteiger charge is -2.28. The summed E-state index contributed by atoms with van der Waals surface area (Å²) in [6, 6.07) is 13.5. The highest BCUT2D eigenvalue weighted by molar-refractivity contribution is 7.22. The lowest BCUT2D eigenvalue weighted by molar-refractivity contribution is 0.0690. The molecule has 0 saturated carbocycles. The van der Waals surface area contributed by atoms with Crippen LogP contribution in [0.3, 0.4) is 0 Å². The topological polar surface area (TPSA) is 117 Å². The van der Waals surface area contributed by atoms with Crippen LogP contribution in [0.15, 0.2) is 42.5 Å². The summed E-state index contributed by atoms with van der Waals surface area (Å²) in [5, 5.41) is 24.2. The molecule has 0 radical (unpaired) electrons. The van der Waals surface area contributed by atoms with Gasteiger partial charge >= 0.3 is 5.97 Å². The molecule has 2 N–H and O–H groups in total. The third-order valence-electron chi connectivity index (χ3n) is 7.39. The molecular formula is C33H32ClN7O3S2. The van der Waals surface area contributed by atoms with E-state index in [2.05, 4.69) is 37.3 Å². The van der Waals surface area contributed by atoms with E-state index in [0.29, 0.717) is 65.0 Å². The van der Waals surface area contributed by atoms with Gasteiger partial charge in [-0.15, -0.1) is 21.5 Å². The molecule has 4 heterocycles. The van der Waals surface area contributed by atoms with Crippen LogP contribution in [0.4, 0.5) is 21.9 Å². The molecule has 0 atom stereocenters. The number of halogens is 1. The molecule has 0 spiro atoms. The van der Waals surface area contributed by atoms with E-state index in [9.17, 15) is 9.90 Å². The summed E-state index contributed by atoms with van der Waals surface area (Å²) >= 11 is 9.37. The average Bonchev–Trinajstić information content (AvgIpc) is 3.65. The highest BCUT2D eigenvalue weighted by atomic mass is 35.5. The van der Waals surface area contributed by atoms with Gasteiger partial charge in [-0.2, -0.15) is 0 Å². The van der Waals surface area contributed by atoms with E-state index in [1.54, 1.807) is 17.4 Å². The minimum Gasteiger partial charge on any atom is -0.492 e. The van der Waals surface area contributed by atoms with Crippen LogP contribution < -0.4 is 15.0 Å². The summed E-state index contributed by atoms with van der Waals surface area (Å²) in [7, 11) is 3.93. The van der Waals surface area contributed by atoms with Crippen molar-refractivity contribution >= 4 is 72.4 Å². The van der Waals surface area contributed by atoms with Gasteiger partial charge in [-0.25, -0.2) is 14.8 Å². The largest absolute Gasteiger partial charge is 0.492 e. The summed E-state index contributed by atoms with van der Waals surface area (Å²) in [6.07, 6.45) is 2.82. The zero-order chi connectivity index (χ0) is 32.2. The van der Waals surface area contributed by atoms with Crippen molar-refractivity contribution in [2.45, 2.75) is 32.6 Å². The fraction of sp³-hybridized carbons (Fsp3) is 0.303. The zero-order valence-corrected chi connectivity index (χ0v) is 28.0. The number of fused-ring (bicyclic) bond motifs is 2.